The SMILES string of the molecule is Cl.c1ccc(CC(Cc2ccccc2)=C(c2ccccc2)c2ccc(OCCN3CCOCC3)cc2)cc1. The van der Waals surface area contributed by atoms with Gasteiger partial charge in [-0.05, 0) is 52.8 Å². The number of allylic oxidation sites excluding steroid dienone is 1. The van der Waals surface area contributed by atoms with Gasteiger partial charge in [0.2, 0.25) is 0 Å². The normalized spacial score (nSPS) is 13.4. The maximum atomic E-state index is 6.10. The summed E-state index contributed by atoms with van der Waals surface area (Å²) in [5.41, 5.74) is 7.81. The van der Waals surface area contributed by atoms with Gasteiger partial charge in [0.15, 0.2) is 0 Å². The molecule has 196 valence electrons. The Hall–Kier alpha value is -3.37. The molecule has 0 unspecified atom stereocenters. The molecule has 0 aromatic heterocycles. The molecule has 0 saturated carbocycles. The summed E-state index contributed by atoms with van der Waals surface area (Å²) < 4.78 is 11.5. The van der Waals surface area contributed by atoms with Gasteiger partial charge in [-0.2, -0.15) is 0 Å². The molecule has 4 heteroatoms. The summed E-state index contributed by atoms with van der Waals surface area (Å²) in [6.07, 6.45) is 1.80. The Morgan fingerprint density at radius 1 is 0.632 bits per heavy atom. The van der Waals surface area contributed by atoms with E-state index in [4.69, 9.17) is 9.47 Å². The van der Waals surface area contributed by atoms with Crippen LogP contribution in [0.1, 0.15) is 22.3 Å². The summed E-state index contributed by atoms with van der Waals surface area (Å²) >= 11 is 0. The van der Waals surface area contributed by atoms with Crippen LogP contribution in [-0.4, -0.2) is 44.4 Å². The monoisotopic (exact) mass is 525 g/mol. The largest absolute Gasteiger partial charge is 0.492 e. The number of ether oxygens (including phenoxy) is 2. The number of hydrogen-bond acceptors (Lipinski definition) is 3. The van der Waals surface area contributed by atoms with Crippen LogP contribution in [0, 0.1) is 0 Å². The van der Waals surface area contributed by atoms with E-state index in [0.29, 0.717) is 6.61 Å². The quantitative estimate of drug-likeness (QED) is 0.220. The summed E-state index contributed by atoms with van der Waals surface area (Å²) in [6.45, 7) is 5.22. The first-order valence-electron chi connectivity index (χ1n) is 13.2. The number of morpholine rings is 1. The van der Waals surface area contributed by atoms with E-state index in [-0.39, 0.29) is 12.4 Å². The second-order valence-corrected chi connectivity index (χ2v) is 9.50. The molecule has 0 N–H and O–H groups in total. The molecule has 1 heterocycles. The molecule has 0 radical (unpaired) electrons. The molecule has 1 fully saturated rings. The van der Waals surface area contributed by atoms with Gasteiger partial charge in [-0.3, -0.25) is 4.90 Å². The lowest BCUT2D eigenvalue weighted by molar-refractivity contribution is 0.0322. The number of halogens is 1. The molecule has 5 rings (SSSR count). The van der Waals surface area contributed by atoms with Crippen LogP contribution in [0.15, 0.2) is 121 Å². The van der Waals surface area contributed by atoms with E-state index in [1.165, 1.54) is 33.4 Å². The van der Waals surface area contributed by atoms with Crippen molar-refractivity contribution in [2.45, 2.75) is 12.8 Å². The van der Waals surface area contributed by atoms with Crippen molar-refractivity contribution in [3.63, 3.8) is 0 Å². The van der Waals surface area contributed by atoms with E-state index in [2.05, 4.69) is 120 Å². The number of benzene rings is 4. The standard InChI is InChI=1S/C34H35NO2.ClH/c1-4-10-28(11-5-1)26-32(27-29-12-6-2-7-13-29)34(30-14-8-3-9-15-30)31-16-18-33(19-17-31)37-25-22-35-20-23-36-24-21-35;/h1-19H,20-27H2;1H. The van der Waals surface area contributed by atoms with Crippen LogP contribution < -0.4 is 4.74 Å². The lowest BCUT2D eigenvalue weighted by atomic mass is 9.87. The zero-order chi connectivity index (χ0) is 25.1. The summed E-state index contributed by atoms with van der Waals surface area (Å²) in [5, 5.41) is 0. The highest BCUT2D eigenvalue weighted by atomic mass is 35.5. The predicted octanol–water partition coefficient (Wildman–Crippen LogP) is 7.11. The van der Waals surface area contributed by atoms with Crippen molar-refractivity contribution in [1.29, 1.82) is 0 Å². The molecular weight excluding hydrogens is 490 g/mol. The highest BCUT2D eigenvalue weighted by Gasteiger charge is 2.15. The third-order valence-corrected chi connectivity index (χ3v) is 6.86. The van der Waals surface area contributed by atoms with Crippen LogP contribution in [0.2, 0.25) is 0 Å². The van der Waals surface area contributed by atoms with Gasteiger partial charge in [0.25, 0.3) is 0 Å². The molecule has 3 nitrogen and oxygen atoms in total. The van der Waals surface area contributed by atoms with Crippen molar-refractivity contribution in [3.05, 3.63) is 143 Å². The van der Waals surface area contributed by atoms with Gasteiger partial charge in [-0.15, -0.1) is 12.4 Å². The van der Waals surface area contributed by atoms with Crippen LogP contribution in [-0.2, 0) is 17.6 Å². The molecule has 4 aromatic rings. The Bertz CT molecular complexity index is 1210. The first-order chi connectivity index (χ1) is 18.3. The van der Waals surface area contributed by atoms with Gasteiger partial charge >= 0.3 is 0 Å². The Labute approximate surface area is 233 Å². The average molecular weight is 526 g/mol. The molecule has 38 heavy (non-hydrogen) atoms. The van der Waals surface area contributed by atoms with E-state index in [1.807, 2.05) is 0 Å². The van der Waals surface area contributed by atoms with E-state index in [9.17, 15) is 0 Å². The second-order valence-electron chi connectivity index (χ2n) is 9.50. The molecule has 0 spiro atoms. The summed E-state index contributed by atoms with van der Waals surface area (Å²) in [5.74, 6) is 0.914. The van der Waals surface area contributed by atoms with Crippen molar-refractivity contribution < 1.29 is 9.47 Å². The molecule has 4 aromatic carbocycles. The van der Waals surface area contributed by atoms with E-state index in [0.717, 1.165) is 51.4 Å². The van der Waals surface area contributed by atoms with Crippen molar-refractivity contribution in [2.75, 3.05) is 39.5 Å². The molecule has 1 aliphatic rings. The van der Waals surface area contributed by atoms with E-state index in [1.54, 1.807) is 0 Å². The molecule has 0 aliphatic carbocycles. The molecule has 0 bridgehead atoms. The molecule has 0 atom stereocenters. The van der Waals surface area contributed by atoms with Gasteiger partial charge in [-0.25, -0.2) is 0 Å². The Morgan fingerprint density at radius 3 is 1.68 bits per heavy atom. The van der Waals surface area contributed by atoms with Crippen LogP contribution >= 0.6 is 12.4 Å². The minimum absolute atomic E-state index is 0. The molecule has 0 amide bonds. The lowest BCUT2D eigenvalue weighted by Gasteiger charge is -2.26. The zero-order valence-corrected chi connectivity index (χ0v) is 22.6. The third-order valence-electron chi connectivity index (χ3n) is 6.86. The summed E-state index contributed by atoms with van der Waals surface area (Å²) in [6, 6.07) is 41.0. The van der Waals surface area contributed by atoms with Crippen molar-refractivity contribution in [1.82, 2.24) is 4.90 Å². The fourth-order valence-electron chi connectivity index (χ4n) is 4.94. The molecule has 1 saturated heterocycles. The summed E-state index contributed by atoms with van der Waals surface area (Å²) in [4.78, 5) is 2.40. The second kappa shape index (κ2) is 14.5. The fourth-order valence-corrected chi connectivity index (χ4v) is 4.94. The van der Waals surface area contributed by atoms with Crippen LogP contribution in [0.4, 0.5) is 0 Å². The third kappa shape index (κ3) is 7.82. The van der Waals surface area contributed by atoms with E-state index >= 15 is 0 Å². The highest BCUT2D eigenvalue weighted by molar-refractivity contribution is 5.85. The minimum atomic E-state index is 0. The predicted molar refractivity (Wildman–Crippen MR) is 159 cm³/mol. The zero-order valence-electron chi connectivity index (χ0n) is 21.8. The molecular formula is C34H36ClNO2. The van der Waals surface area contributed by atoms with Gasteiger partial charge < -0.3 is 9.47 Å². The Morgan fingerprint density at radius 2 is 1.13 bits per heavy atom. The number of rotatable bonds is 10. The van der Waals surface area contributed by atoms with Gasteiger partial charge in [0.05, 0.1) is 13.2 Å². The highest BCUT2D eigenvalue weighted by Crippen LogP contribution is 2.32. The number of hydrogen-bond donors (Lipinski definition) is 0. The van der Waals surface area contributed by atoms with Crippen molar-refractivity contribution >= 4 is 18.0 Å². The smallest absolute Gasteiger partial charge is 0.119 e. The summed E-state index contributed by atoms with van der Waals surface area (Å²) in [7, 11) is 0. The van der Waals surface area contributed by atoms with Crippen LogP contribution in [0.5, 0.6) is 5.75 Å². The first kappa shape index (κ1) is 27.7. The maximum absolute atomic E-state index is 6.10. The number of nitrogens with zero attached hydrogens (tertiary/aromatic N) is 1. The first-order valence-corrected chi connectivity index (χ1v) is 13.2. The average Bonchev–Trinajstić information content (AvgIpc) is 2.96. The van der Waals surface area contributed by atoms with Crippen LogP contribution in [0.3, 0.4) is 0 Å². The topological polar surface area (TPSA) is 21.7 Å². The van der Waals surface area contributed by atoms with Gasteiger partial charge in [-0.1, -0.05) is 109 Å². The van der Waals surface area contributed by atoms with Crippen LogP contribution in [0.25, 0.3) is 5.57 Å². The Balaban J connectivity index is 0.00000336. The minimum Gasteiger partial charge on any atom is -0.492 e. The Kier molecular flexibility index (Phi) is 10.6. The van der Waals surface area contributed by atoms with Gasteiger partial charge in [0, 0.05) is 19.6 Å². The molecule has 1 aliphatic heterocycles. The van der Waals surface area contributed by atoms with Gasteiger partial charge in [0.1, 0.15) is 12.4 Å². The fraction of sp³-hybridized carbons (Fsp3) is 0.235. The van der Waals surface area contributed by atoms with E-state index < -0.39 is 0 Å². The van der Waals surface area contributed by atoms with Crippen molar-refractivity contribution in [3.8, 4) is 5.75 Å². The van der Waals surface area contributed by atoms with Crippen molar-refractivity contribution in [2.24, 2.45) is 0 Å². The lowest BCUT2D eigenvalue weighted by Crippen LogP contribution is -2.38. The maximum Gasteiger partial charge on any atom is 0.119 e.